The van der Waals surface area contributed by atoms with E-state index in [1.807, 2.05) is 6.92 Å². The summed E-state index contributed by atoms with van der Waals surface area (Å²) in [6, 6.07) is 4.00. The molecule has 2 N–H and O–H groups in total. The van der Waals surface area contributed by atoms with Crippen LogP contribution in [0.25, 0.3) is 0 Å². The molecule has 21 heavy (non-hydrogen) atoms. The maximum absolute atomic E-state index is 12.1. The van der Waals surface area contributed by atoms with Crippen LogP contribution in [0.2, 0.25) is 0 Å². The molecule has 0 atom stereocenters. The molecule has 0 aliphatic heterocycles. The number of hydrogen-bond donors (Lipinski definition) is 2. The van der Waals surface area contributed by atoms with Gasteiger partial charge in [0, 0.05) is 19.2 Å². The number of esters is 1. The Morgan fingerprint density at radius 1 is 1.24 bits per heavy atom. The minimum Gasteiger partial charge on any atom is -0.496 e. The van der Waals surface area contributed by atoms with E-state index in [4.69, 9.17) is 4.74 Å². The first kappa shape index (κ1) is 17.4. The lowest BCUT2D eigenvalue weighted by atomic mass is 10.2. The second-order valence-electron chi connectivity index (χ2n) is 4.10. The molecular formula is C13H20N2O5S. The first-order chi connectivity index (χ1) is 9.96. The molecule has 0 unspecified atom stereocenters. The monoisotopic (exact) mass is 316 g/mol. The fourth-order valence-electron chi connectivity index (χ4n) is 1.65. The van der Waals surface area contributed by atoms with Gasteiger partial charge in [-0.05, 0) is 18.7 Å². The van der Waals surface area contributed by atoms with Gasteiger partial charge in [-0.3, -0.25) is 0 Å². The average molecular weight is 316 g/mol. The van der Waals surface area contributed by atoms with E-state index in [2.05, 4.69) is 14.8 Å². The average Bonchev–Trinajstić information content (AvgIpc) is 2.50. The Hall–Kier alpha value is -1.64. The minimum atomic E-state index is -3.64. The van der Waals surface area contributed by atoms with Gasteiger partial charge >= 0.3 is 5.97 Å². The number of ether oxygens (including phenoxy) is 2. The number of carbonyl (C=O) groups is 1. The van der Waals surface area contributed by atoms with Crippen LogP contribution in [0.5, 0.6) is 5.75 Å². The molecule has 1 rings (SSSR count). The summed E-state index contributed by atoms with van der Waals surface area (Å²) in [7, 11) is -1.04. The van der Waals surface area contributed by atoms with Gasteiger partial charge in [-0.15, -0.1) is 0 Å². The molecular weight excluding hydrogens is 296 g/mol. The van der Waals surface area contributed by atoms with Gasteiger partial charge in [0.25, 0.3) is 0 Å². The highest BCUT2D eigenvalue weighted by Crippen LogP contribution is 2.23. The summed E-state index contributed by atoms with van der Waals surface area (Å²) < 4.78 is 36.3. The normalized spacial score (nSPS) is 11.2. The van der Waals surface area contributed by atoms with Crippen LogP contribution in [0.15, 0.2) is 23.1 Å². The van der Waals surface area contributed by atoms with Crippen molar-refractivity contribution in [1.82, 2.24) is 10.0 Å². The van der Waals surface area contributed by atoms with Crippen molar-refractivity contribution in [3.05, 3.63) is 23.8 Å². The summed E-state index contributed by atoms with van der Waals surface area (Å²) in [6.07, 6.45) is 0. The Bertz CT molecular complexity index is 586. The molecule has 0 radical (unpaired) electrons. The summed E-state index contributed by atoms with van der Waals surface area (Å²) in [5.74, 6) is -0.438. The highest BCUT2D eigenvalue weighted by molar-refractivity contribution is 7.89. The van der Waals surface area contributed by atoms with Crippen LogP contribution in [0.4, 0.5) is 0 Å². The zero-order valence-electron chi connectivity index (χ0n) is 12.3. The molecule has 0 amide bonds. The van der Waals surface area contributed by atoms with Crippen LogP contribution in [0, 0.1) is 0 Å². The Kier molecular flexibility index (Phi) is 6.60. The third-order valence-corrected chi connectivity index (χ3v) is 4.19. The SMILES string of the molecule is CCNCCNS(=O)(=O)c1ccc(C(=O)OC)c(OC)c1. The molecule has 7 nitrogen and oxygen atoms in total. The second-order valence-corrected chi connectivity index (χ2v) is 5.87. The van der Waals surface area contributed by atoms with Gasteiger partial charge in [-0.2, -0.15) is 0 Å². The van der Waals surface area contributed by atoms with E-state index in [1.54, 1.807) is 0 Å². The number of likely N-dealkylation sites (N-methyl/N-ethyl adjacent to an activating group) is 1. The quantitative estimate of drug-likeness (QED) is 0.531. The van der Waals surface area contributed by atoms with Crippen LogP contribution in [-0.4, -0.2) is 48.2 Å². The largest absolute Gasteiger partial charge is 0.496 e. The van der Waals surface area contributed by atoms with E-state index in [-0.39, 0.29) is 22.8 Å². The van der Waals surface area contributed by atoms with Gasteiger partial charge in [-0.1, -0.05) is 6.92 Å². The van der Waals surface area contributed by atoms with Crippen LogP contribution >= 0.6 is 0 Å². The summed E-state index contributed by atoms with van der Waals surface area (Å²) in [5, 5.41) is 3.01. The molecule has 0 aliphatic carbocycles. The van der Waals surface area contributed by atoms with Crippen molar-refractivity contribution in [1.29, 1.82) is 0 Å². The maximum Gasteiger partial charge on any atom is 0.341 e. The predicted molar refractivity (Wildman–Crippen MR) is 78.1 cm³/mol. The molecule has 0 aliphatic rings. The Morgan fingerprint density at radius 3 is 2.52 bits per heavy atom. The molecule has 118 valence electrons. The highest BCUT2D eigenvalue weighted by atomic mass is 32.2. The molecule has 1 aromatic carbocycles. The van der Waals surface area contributed by atoms with Crippen LogP contribution in [0.1, 0.15) is 17.3 Å². The first-order valence-corrected chi connectivity index (χ1v) is 7.91. The zero-order valence-corrected chi connectivity index (χ0v) is 13.1. The van der Waals surface area contributed by atoms with Crippen molar-refractivity contribution < 1.29 is 22.7 Å². The van der Waals surface area contributed by atoms with E-state index in [9.17, 15) is 13.2 Å². The van der Waals surface area contributed by atoms with Gasteiger partial charge < -0.3 is 14.8 Å². The number of rotatable bonds is 8. The highest BCUT2D eigenvalue weighted by Gasteiger charge is 2.19. The van der Waals surface area contributed by atoms with Crippen molar-refractivity contribution >= 4 is 16.0 Å². The third kappa shape index (κ3) is 4.69. The molecule has 0 spiro atoms. The van der Waals surface area contributed by atoms with Gasteiger partial charge in [-0.25, -0.2) is 17.9 Å². The van der Waals surface area contributed by atoms with Crippen molar-refractivity contribution in [3.8, 4) is 5.75 Å². The fraction of sp³-hybridized carbons (Fsp3) is 0.462. The molecule has 0 bridgehead atoms. The van der Waals surface area contributed by atoms with Crippen molar-refractivity contribution in [2.75, 3.05) is 33.9 Å². The van der Waals surface area contributed by atoms with Gasteiger partial charge in [0.15, 0.2) is 0 Å². The Balaban J connectivity index is 2.95. The van der Waals surface area contributed by atoms with E-state index in [0.29, 0.717) is 6.54 Å². The van der Waals surface area contributed by atoms with E-state index in [0.717, 1.165) is 6.54 Å². The maximum atomic E-state index is 12.1. The number of nitrogens with one attached hydrogen (secondary N) is 2. The second kappa shape index (κ2) is 7.96. The lowest BCUT2D eigenvalue weighted by Crippen LogP contribution is -2.31. The van der Waals surface area contributed by atoms with Gasteiger partial charge in [0.05, 0.1) is 19.1 Å². The molecule has 0 saturated carbocycles. The molecule has 0 heterocycles. The lowest BCUT2D eigenvalue weighted by molar-refractivity contribution is 0.0597. The smallest absolute Gasteiger partial charge is 0.341 e. The Morgan fingerprint density at radius 2 is 1.95 bits per heavy atom. The van der Waals surface area contributed by atoms with Crippen LogP contribution < -0.4 is 14.8 Å². The van der Waals surface area contributed by atoms with E-state index < -0.39 is 16.0 Å². The molecule has 0 aromatic heterocycles. The standard InChI is InChI=1S/C13H20N2O5S/c1-4-14-7-8-15-21(17,18)10-5-6-11(13(16)20-3)12(9-10)19-2/h5-6,9,14-15H,4,7-8H2,1-3H3. The van der Waals surface area contributed by atoms with E-state index in [1.165, 1.54) is 32.4 Å². The van der Waals surface area contributed by atoms with Crippen LogP contribution in [-0.2, 0) is 14.8 Å². The molecule has 8 heteroatoms. The van der Waals surface area contributed by atoms with Crippen molar-refractivity contribution in [2.45, 2.75) is 11.8 Å². The molecule has 0 saturated heterocycles. The lowest BCUT2D eigenvalue weighted by Gasteiger charge is -2.11. The predicted octanol–water partition coefficient (Wildman–Crippen LogP) is 0.370. The topological polar surface area (TPSA) is 93.7 Å². The first-order valence-electron chi connectivity index (χ1n) is 6.43. The van der Waals surface area contributed by atoms with E-state index >= 15 is 0 Å². The number of hydrogen-bond acceptors (Lipinski definition) is 6. The number of sulfonamides is 1. The number of carbonyl (C=O) groups excluding carboxylic acids is 1. The summed E-state index contributed by atoms with van der Waals surface area (Å²) in [6.45, 7) is 3.51. The van der Waals surface area contributed by atoms with Gasteiger partial charge in [0.2, 0.25) is 10.0 Å². The minimum absolute atomic E-state index is 0.0310. The summed E-state index contributed by atoms with van der Waals surface area (Å²) in [5.41, 5.74) is 0.173. The van der Waals surface area contributed by atoms with Gasteiger partial charge in [0.1, 0.15) is 11.3 Å². The van der Waals surface area contributed by atoms with Crippen molar-refractivity contribution in [3.63, 3.8) is 0 Å². The van der Waals surface area contributed by atoms with Crippen molar-refractivity contribution in [2.24, 2.45) is 0 Å². The Labute approximate surface area is 124 Å². The third-order valence-electron chi connectivity index (χ3n) is 2.73. The zero-order chi connectivity index (χ0) is 15.9. The fourth-order valence-corrected chi connectivity index (χ4v) is 2.70. The molecule has 1 aromatic rings. The summed E-state index contributed by atoms with van der Waals surface area (Å²) >= 11 is 0. The number of benzene rings is 1. The molecule has 0 fully saturated rings. The van der Waals surface area contributed by atoms with Crippen LogP contribution in [0.3, 0.4) is 0 Å². The number of methoxy groups -OCH3 is 2. The summed E-state index contributed by atoms with van der Waals surface area (Å²) in [4.78, 5) is 11.6.